The molecule has 0 amide bonds. The summed E-state index contributed by atoms with van der Waals surface area (Å²) in [5.41, 5.74) is 0.664. The van der Waals surface area contributed by atoms with E-state index in [-0.39, 0.29) is 17.5 Å². The highest BCUT2D eigenvalue weighted by atomic mass is 32.2. The van der Waals surface area contributed by atoms with E-state index in [9.17, 15) is 13.2 Å². The number of aromatic amines is 1. The van der Waals surface area contributed by atoms with Crippen LogP contribution in [0.3, 0.4) is 0 Å². The van der Waals surface area contributed by atoms with E-state index in [0.717, 1.165) is 6.42 Å². The molecular formula is C16H16N4O5S. The molecule has 0 saturated carbocycles. The molecule has 3 aromatic rings. The molecule has 1 unspecified atom stereocenters. The van der Waals surface area contributed by atoms with Gasteiger partial charge in [-0.05, 0) is 37.1 Å². The van der Waals surface area contributed by atoms with Gasteiger partial charge >= 0.3 is 5.76 Å². The summed E-state index contributed by atoms with van der Waals surface area (Å²) in [6, 6.07) is 7.70. The van der Waals surface area contributed by atoms with E-state index in [0.29, 0.717) is 29.9 Å². The summed E-state index contributed by atoms with van der Waals surface area (Å²) in [5.74, 6) is -0.251. The minimum absolute atomic E-state index is 0.0993. The number of sulfonamides is 1. The number of aromatic nitrogens is 3. The minimum atomic E-state index is -3.72. The van der Waals surface area contributed by atoms with Gasteiger partial charge < -0.3 is 9.15 Å². The summed E-state index contributed by atoms with van der Waals surface area (Å²) >= 11 is 0. The topological polar surface area (TPSA) is 118 Å². The van der Waals surface area contributed by atoms with Crippen LogP contribution < -0.4 is 10.5 Å². The highest BCUT2D eigenvalue weighted by Gasteiger charge is 2.31. The van der Waals surface area contributed by atoms with Crippen LogP contribution >= 0.6 is 0 Å². The molecule has 10 heteroatoms. The summed E-state index contributed by atoms with van der Waals surface area (Å²) in [6.07, 6.45) is 2.65. The Labute approximate surface area is 148 Å². The summed E-state index contributed by atoms with van der Waals surface area (Å²) in [7, 11) is -3.72. The lowest BCUT2D eigenvalue weighted by atomic mass is 10.1. The van der Waals surface area contributed by atoms with Gasteiger partial charge in [0.1, 0.15) is 6.10 Å². The number of oxazole rings is 1. The van der Waals surface area contributed by atoms with Crippen molar-refractivity contribution in [3.63, 3.8) is 0 Å². The van der Waals surface area contributed by atoms with Gasteiger partial charge in [-0.2, -0.15) is 9.40 Å². The molecular weight excluding hydrogens is 360 g/mol. The zero-order valence-corrected chi connectivity index (χ0v) is 14.5. The fraction of sp³-hybridized carbons (Fsp3) is 0.312. The molecule has 0 spiro atoms. The number of rotatable bonds is 4. The van der Waals surface area contributed by atoms with E-state index in [1.54, 1.807) is 18.3 Å². The molecule has 1 atom stereocenters. The van der Waals surface area contributed by atoms with E-state index in [2.05, 4.69) is 15.2 Å². The normalized spacial score (nSPS) is 18.8. The number of piperidine rings is 1. The Morgan fingerprint density at radius 1 is 1.31 bits per heavy atom. The summed E-state index contributed by atoms with van der Waals surface area (Å²) in [4.78, 5) is 13.8. The van der Waals surface area contributed by atoms with Crippen molar-refractivity contribution in [3.8, 4) is 5.88 Å². The van der Waals surface area contributed by atoms with E-state index in [1.807, 2.05) is 0 Å². The number of nitrogens with zero attached hydrogens (tertiary/aromatic N) is 3. The van der Waals surface area contributed by atoms with E-state index < -0.39 is 15.8 Å². The fourth-order valence-corrected chi connectivity index (χ4v) is 4.52. The molecule has 136 valence electrons. The molecule has 1 aliphatic heterocycles. The van der Waals surface area contributed by atoms with Gasteiger partial charge in [0.25, 0.3) is 0 Å². The van der Waals surface area contributed by atoms with Gasteiger partial charge in [0, 0.05) is 18.8 Å². The van der Waals surface area contributed by atoms with Crippen LogP contribution in [-0.2, 0) is 10.0 Å². The van der Waals surface area contributed by atoms with Crippen LogP contribution in [0, 0.1) is 0 Å². The van der Waals surface area contributed by atoms with E-state index in [1.165, 1.54) is 22.5 Å². The first-order chi connectivity index (χ1) is 12.5. The molecule has 0 aliphatic carbocycles. The molecule has 1 saturated heterocycles. The first kappa shape index (κ1) is 16.7. The van der Waals surface area contributed by atoms with Gasteiger partial charge in [0.05, 0.1) is 17.0 Å². The molecule has 1 aromatic carbocycles. The monoisotopic (exact) mass is 376 g/mol. The molecule has 3 heterocycles. The molecule has 2 aromatic heterocycles. The number of fused-ring (bicyclic) bond motifs is 1. The molecule has 1 aliphatic rings. The lowest BCUT2D eigenvalue weighted by Gasteiger charge is -2.31. The Hall–Kier alpha value is -2.72. The average Bonchev–Trinajstić information content (AvgIpc) is 3.02. The Bertz CT molecular complexity index is 1080. The number of ether oxygens (including phenoxy) is 1. The lowest BCUT2D eigenvalue weighted by molar-refractivity contribution is 0.123. The van der Waals surface area contributed by atoms with Gasteiger partial charge in [-0.15, -0.1) is 5.10 Å². The first-order valence-electron chi connectivity index (χ1n) is 8.10. The zero-order chi connectivity index (χ0) is 18.1. The Kier molecular flexibility index (Phi) is 4.21. The number of hydrogen-bond acceptors (Lipinski definition) is 7. The molecule has 1 fully saturated rings. The maximum absolute atomic E-state index is 13.0. The largest absolute Gasteiger partial charge is 0.472 e. The van der Waals surface area contributed by atoms with E-state index in [4.69, 9.17) is 9.15 Å². The van der Waals surface area contributed by atoms with E-state index >= 15 is 0 Å². The third kappa shape index (κ3) is 3.20. The Morgan fingerprint density at radius 2 is 2.19 bits per heavy atom. The van der Waals surface area contributed by atoms with Crippen molar-refractivity contribution in [1.29, 1.82) is 0 Å². The van der Waals surface area contributed by atoms with Crippen molar-refractivity contribution >= 4 is 21.1 Å². The van der Waals surface area contributed by atoms with Gasteiger partial charge in [-0.25, -0.2) is 13.2 Å². The Morgan fingerprint density at radius 3 is 3.00 bits per heavy atom. The quantitative estimate of drug-likeness (QED) is 0.725. The number of hydrogen-bond donors (Lipinski definition) is 1. The predicted octanol–water partition coefficient (Wildman–Crippen LogP) is 1.14. The van der Waals surface area contributed by atoms with Crippen LogP contribution in [0.4, 0.5) is 0 Å². The standard InChI is InChI=1S/C16H16N4O5S/c21-16-18-13-9-12(5-6-14(13)25-16)26(22,23)20-8-2-3-11(10-20)24-15-4-1-7-17-19-15/h1,4-7,9,11H,2-3,8,10H2,(H,18,21). The molecule has 1 N–H and O–H groups in total. The summed E-state index contributed by atoms with van der Waals surface area (Å²) in [5, 5.41) is 7.62. The van der Waals surface area contributed by atoms with Crippen molar-refractivity contribution < 1.29 is 17.6 Å². The molecule has 26 heavy (non-hydrogen) atoms. The number of nitrogens with one attached hydrogen (secondary N) is 1. The molecule has 0 radical (unpaired) electrons. The first-order valence-corrected chi connectivity index (χ1v) is 9.54. The lowest BCUT2D eigenvalue weighted by Crippen LogP contribution is -2.44. The molecule has 4 rings (SSSR count). The van der Waals surface area contributed by atoms with Crippen LogP contribution in [0.2, 0.25) is 0 Å². The van der Waals surface area contributed by atoms with Crippen LogP contribution in [0.25, 0.3) is 11.1 Å². The molecule has 0 bridgehead atoms. The summed E-state index contributed by atoms with van der Waals surface area (Å²) in [6.45, 7) is 0.626. The van der Waals surface area contributed by atoms with Crippen molar-refractivity contribution in [2.24, 2.45) is 0 Å². The maximum atomic E-state index is 13.0. The van der Waals surface area contributed by atoms with Crippen molar-refractivity contribution in [3.05, 3.63) is 47.1 Å². The zero-order valence-electron chi connectivity index (χ0n) is 13.7. The highest BCUT2D eigenvalue weighted by Crippen LogP contribution is 2.24. The molecule has 9 nitrogen and oxygen atoms in total. The SMILES string of the molecule is O=c1[nH]c2cc(S(=O)(=O)N3CCCC(Oc4cccnn4)C3)ccc2o1. The number of H-pyrrole nitrogens is 1. The van der Waals surface area contributed by atoms with Crippen LogP contribution in [0.5, 0.6) is 5.88 Å². The van der Waals surface area contributed by atoms with Crippen molar-refractivity contribution in [2.45, 2.75) is 23.8 Å². The van der Waals surface area contributed by atoms with Crippen molar-refractivity contribution in [1.82, 2.24) is 19.5 Å². The van der Waals surface area contributed by atoms with Gasteiger partial charge in [-0.1, -0.05) is 0 Å². The van der Waals surface area contributed by atoms with Crippen LogP contribution in [-0.4, -0.2) is 47.1 Å². The highest BCUT2D eigenvalue weighted by molar-refractivity contribution is 7.89. The second-order valence-electron chi connectivity index (χ2n) is 5.98. The van der Waals surface area contributed by atoms with Gasteiger partial charge in [0.15, 0.2) is 5.58 Å². The smallest absolute Gasteiger partial charge is 0.417 e. The third-order valence-electron chi connectivity index (χ3n) is 4.20. The maximum Gasteiger partial charge on any atom is 0.417 e. The Balaban J connectivity index is 1.56. The second kappa shape index (κ2) is 6.54. The third-order valence-corrected chi connectivity index (χ3v) is 6.07. The van der Waals surface area contributed by atoms with Gasteiger partial charge in [-0.3, -0.25) is 4.98 Å². The van der Waals surface area contributed by atoms with Crippen LogP contribution in [0.15, 0.2) is 50.6 Å². The second-order valence-corrected chi connectivity index (χ2v) is 7.92. The van der Waals surface area contributed by atoms with Crippen LogP contribution in [0.1, 0.15) is 12.8 Å². The summed E-state index contributed by atoms with van der Waals surface area (Å²) < 4.78 is 38.0. The predicted molar refractivity (Wildman–Crippen MR) is 91.3 cm³/mol. The van der Waals surface area contributed by atoms with Crippen molar-refractivity contribution in [2.75, 3.05) is 13.1 Å². The average molecular weight is 376 g/mol. The number of benzene rings is 1. The van der Waals surface area contributed by atoms with Gasteiger partial charge in [0.2, 0.25) is 15.9 Å². The fourth-order valence-electron chi connectivity index (χ4n) is 2.98. The minimum Gasteiger partial charge on any atom is -0.472 e.